The maximum Gasteiger partial charge on any atom is 0.240 e. The summed E-state index contributed by atoms with van der Waals surface area (Å²) < 4.78 is 1.95. The highest BCUT2D eigenvalue weighted by molar-refractivity contribution is 7.99. The van der Waals surface area contributed by atoms with Gasteiger partial charge in [-0.2, -0.15) is 9.67 Å². The number of carbonyl (C=O) groups excluding carboxylic acids is 1. The van der Waals surface area contributed by atoms with Crippen molar-refractivity contribution in [1.82, 2.24) is 29.9 Å². The van der Waals surface area contributed by atoms with Crippen LogP contribution in [0.2, 0.25) is 0 Å². The highest BCUT2D eigenvalue weighted by Crippen LogP contribution is 2.23. The van der Waals surface area contributed by atoms with E-state index in [0.717, 1.165) is 74.8 Å². The zero-order valence-electron chi connectivity index (χ0n) is 17.4. The lowest BCUT2D eigenvalue weighted by atomic mass is 10.1. The first-order valence-corrected chi connectivity index (χ1v) is 11.9. The second-order valence-electron chi connectivity index (χ2n) is 8.22. The number of rotatable bonds is 4. The number of amides is 1. The molecule has 3 aliphatic rings. The third-order valence-corrected chi connectivity index (χ3v) is 7.25. The number of para-hydroxylation sites is 1. The summed E-state index contributed by atoms with van der Waals surface area (Å²) in [6.45, 7) is 7.54. The Labute approximate surface area is 181 Å². The predicted molar refractivity (Wildman–Crippen MR) is 119 cm³/mol. The maximum absolute atomic E-state index is 12.7. The molecule has 8 nitrogen and oxygen atoms in total. The number of anilines is 1. The van der Waals surface area contributed by atoms with Crippen LogP contribution in [0.5, 0.6) is 0 Å². The van der Waals surface area contributed by atoms with Crippen molar-refractivity contribution in [2.24, 2.45) is 0 Å². The van der Waals surface area contributed by atoms with E-state index in [2.05, 4.69) is 32.3 Å². The van der Waals surface area contributed by atoms with E-state index >= 15 is 0 Å². The van der Waals surface area contributed by atoms with Crippen LogP contribution in [0, 0.1) is 6.92 Å². The molecule has 3 aliphatic heterocycles. The van der Waals surface area contributed by atoms with E-state index in [4.69, 9.17) is 4.98 Å². The van der Waals surface area contributed by atoms with Gasteiger partial charge in [0.1, 0.15) is 5.82 Å². The van der Waals surface area contributed by atoms with Crippen molar-refractivity contribution in [2.75, 3.05) is 55.8 Å². The minimum absolute atomic E-state index is 0.0180. The minimum Gasteiger partial charge on any atom is -0.338 e. The molecule has 30 heavy (non-hydrogen) atoms. The Morgan fingerprint density at radius 2 is 1.93 bits per heavy atom. The molecule has 160 valence electrons. The first kappa shape index (κ1) is 19.8. The number of nitrogens with zero attached hydrogens (tertiary/aromatic N) is 6. The Morgan fingerprint density at radius 1 is 1.13 bits per heavy atom. The zero-order chi connectivity index (χ0) is 20.5. The molecule has 3 saturated heterocycles. The van der Waals surface area contributed by atoms with Crippen molar-refractivity contribution in [3.8, 4) is 5.69 Å². The largest absolute Gasteiger partial charge is 0.338 e. The first-order valence-electron chi connectivity index (χ1n) is 10.8. The number of piperazine rings is 1. The highest BCUT2D eigenvalue weighted by Gasteiger charge is 2.37. The third-order valence-electron chi connectivity index (χ3n) is 6.28. The Morgan fingerprint density at radius 3 is 2.67 bits per heavy atom. The van der Waals surface area contributed by atoms with Crippen LogP contribution < -0.4 is 10.2 Å². The van der Waals surface area contributed by atoms with Gasteiger partial charge in [-0.3, -0.25) is 9.69 Å². The van der Waals surface area contributed by atoms with Gasteiger partial charge in [0.25, 0.3) is 0 Å². The molecule has 0 unspecified atom stereocenters. The van der Waals surface area contributed by atoms with Gasteiger partial charge in [0.2, 0.25) is 11.9 Å². The van der Waals surface area contributed by atoms with E-state index in [1.165, 1.54) is 0 Å². The van der Waals surface area contributed by atoms with Crippen LogP contribution in [-0.2, 0) is 4.79 Å². The summed E-state index contributed by atoms with van der Waals surface area (Å²) in [5.41, 5.74) is 1.04. The molecule has 2 aromatic rings. The van der Waals surface area contributed by atoms with Crippen LogP contribution in [0.4, 0.5) is 5.95 Å². The van der Waals surface area contributed by atoms with Crippen molar-refractivity contribution < 1.29 is 4.79 Å². The van der Waals surface area contributed by atoms with Crippen LogP contribution >= 0.6 is 11.8 Å². The molecule has 5 rings (SSSR count). The van der Waals surface area contributed by atoms with Crippen LogP contribution in [0.1, 0.15) is 12.2 Å². The van der Waals surface area contributed by atoms with Crippen molar-refractivity contribution in [3.63, 3.8) is 0 Å². The molecule has 3 fully saturated rings. The number of aryl methyl sites for hydroxylation is 1. The summed E-state index contributed by atoms with van der Waals surface area (Å²) in [7, 11) is 0. The molecule has 1 aromatic carbocycles. The number of nitrogens with one attached hydrogen (secondary N) is 1. The summed E-state index contributed by atoms with van der Waals surface area (Å²) in [5.74, 6) is 3.91. The second-order valence-corrected chi connectivity index (χ2v) is 9.29. The molecular formula is C21H29N7OS. The number of aromatic nitrogens is 3. The number of thioether (sulfide) groups is 1. The van der Waals surface area contributed by atoms with Crippen molar-refractivity contribution in [1.29, 1.82) is 0 Å². The van der Waals surface area contributed by atoms with Gasteiger partial charge in [-0.25, -0.2) is 0 Å². The lowest BCUT2D eigenvalue weighted by molar-refractivity contribution is -0.131. The molecule has 0 radical (unpaired) electrons. The quantitative estimate of drug-likeness (QED) is 0.779. The van der Waals surface area contributed by atoms with Crippen molar-refractivity contribution in [3.05, 3.63) is 36.2 Å². The van der Waals surface area contributed by atoms with Crippen molar-refractivity contribution >= 4 is 23.6 Å². The standard InChI is InChI=1S/C21H29N7OS/c1-16-23-21(28(24-16)17-5-3-2-4-6-17)26-9-7-25(8-10-26)18-13-19(22-14-18)20(29)27-11-12-30-15-27/h2-6,18-19,22H,7-15H2,1H3/t18-,19-/m0/s1. The molecule has 9 heteroatoms. The predicted octanol–water partition coefficient (Wildman–Crippen LogP) is 0.961. The van der Waals surface area contributed by atoms with Gasteiger partial charge in [0.15, 0.2) is 0 Å². The molecule has 0 aliphatic carbocycles. The topological polar surface area (TPSA) is 69.5 Å². The molecule has 1 aromatic heterocycles. The average Bonchev–Trinajstić information content (AvgIpc) is 3.55. The molecule has 0 spiro atoms. The molecule has 1 amide bonds. The molecule has 0 saturated carbocycles. The van der Waals surface area contributed by atoms with Crippen LogP contribution in [0.3, 0.4) is 0 Å². The summed E-state index contributed by atoms with van der Waals surface area (Å²) in [4.78, 5) is 24.3. The first-order chi connectivity index (χ1) is 14.7. The molecule has 2 atom stereocenters. The Hall–Kier alpha value is -2.10. The molecule has 0 bridgehead atoms. The van der Waals surface area contributed by atoms with Gasteiger partial charge in [-0.1, -0.05) is 18.2 Å². The summed E-state index contributed by atoms with van der Waals surface area (Å²) in [6.07, 6.45) is 0.916. The van der Waals surface area contributed by atoms with Gasteiger partial charge in [0.05, 0.1) is 17.6 Å². The van der Waals surface area contributed by atoms with E-state index in [-0.39, 0.29) is 11.9 Å². The molecule has 4 heterocycles. The van der Waals surface area contributed by atoms with Crippen LogP contribution in [-0.4, -0.2) is 93.5 Å². The Bertz CT molecular complexity index is 875. The number of carbonyl (C=O) groups is 1. The van der Waals surface area contributed by atoms with Crippen LogP contribution in [0.25, 0.3) is 5.69 Å². The van der Waals surface area contributed by atoms with Gasteiger partial charge >= 0.3 is 0 Å². The number of hydrogen-bond acceptors (Lipinski definition) is 7. The monoisotopic (exact) mass is 427 g/mol. The minimum atomic E-state index is -0.0180. The van der Waals surface area contributed by atoms with Gasteiger partial charge in [-0.05, 0) is 25.5 Å². The second kappa shape index (κ2) is 8.56. The lowest BCUT2D eigenvalue weighted by Crippen LogP contribution is -2.51. The fourth-order valence-corrected chi connectivity index (χ4v) is 5.58. The maximum atomic E-state index is 12.7. The van der Waals surface area contributed by atoms with E-state index in [9.17, 15) is 4.79 Å². The number of benzene rings is 1. The highest BCUT2D eigenvalue weighted by atomic mass is 32.2. The number of hydrogen-bond donors (Lipinski definition) is 1. The van der Waals surface area contributed by atoms with Gasteiger partial charge < -0.3 is 15.1 Å². The fraction of sp³-hybridized carbons (Fsp3) is 0.571. The Balaban J connectivity index is 1.20. The van der Waals surface area contributed by atoms with Crippen molar-refractivity contribution in [2.45, 2.75) is 25.4 Å². The SMILES string of the molecule is Cc1nc(N2CCN([C@@H]3CN[C@H](C(=O)N4CCSC4)C3)CC2)n(-c2ccccc2)n1. The lowest BCUT2D eigenvalue weighted by Gasteiger charge is -2.38. The smallest absolute Gasteiger partial charge is 0.240 e. The van der Waals surface area contributed by atoms with E-state index < -0.39 is 0 Å². The normalized spacial score (nSPS) is 25.2. The van der Waals surface area contributed by atoms with Gasteiger partial charge in [0, 0.05) is 51.1 Å². The Kier molecular flexibility index (Phi) is 5.66. The fourth-order valence-electron chi connectivity index (χ4n) is 4.63. The summed E-state index contributed by atoms with van der Waals surface area (Å²) >= 11 is 1.85. The van der Waals surface area contributed by atoms with Crippen LogP contribution in [0.15, 0.2) is 30.3 Å². The molecular weight excluding hydrogens is 398 g/mol. The van der Waals surface area contributed by atoms with E-state index in [0.29, 0.717) is 6.04 Å². The van der Waals surface area contributed by atoms with E-state index in [1.54, 1.807) is 0 Å². The van der Waals surface area contributed by atoms with E-state index in [1.807, 2.05) is 46.5 Å². The molecule has 1 N–H and O–H groups in total. The summed E-state index contributed by atoms with van der Waals surface area (Å²) in [5, 5.41) is 8.09. The summed E-state index contributed by atoms with van der Waals surface area (Å²) in [6, 6.07) is 10.6. The third kappa shape index (κ3) is 3.93. The van der Waals surface area contributed by atoms with Gasteiger partial charge in [-0.15, -0.1) is 16.9 Å². The average molecular weight is 428 g/mol. The zero-order valence-corrected chi connectivity index (χ0v) is 18.2.